The Bertz CT molecular complexity index is 483. The summed E-state index contributed by atoms with van der Waals surface area (Å²) >= 11 is 0. The molecular formula is C20H36N2O7. The van der Waals surface area contributed by atoms with Gasteiger partial charge in [0.15, 0.2) is 6.29 Å². The Hall–Kier alpha value is -1.78. The SMILES string of the molecule is CCOC(CCOCCOCCOCC(=O)O)OCC.CN(C)c1ccncc1. The van der Waals surface area contributed by atoms with Crippen LogP contribution in [0.15, 0.2) is 24.5 Å². The molecule has 1 aromatic heterocycles. The van der Waals surface area contributed by atoms with E-state index in [1.807, 2.05) is 45.0 Å². The van der Waals surface area contributed by atoms with Crippen LogP contribution in [0.1, 0.15) is 20.3 Å². The van der Waals surface area contributed by atoms with Crippen LogP contribution < -0.4 is 4.90 Å². The Labute approximate surface area is 173 Å². The minimum absolute atomic E-state index is 0.213. The number of carboxylic acids is 1. The molecule has 0 aliphatic carbocycles. The van der Waals surface area contributed by atoms with Gasteiger partial charge in [-0.3, -0.25) is 4.98 Å². The highest BCUT2D eigenvalue weighted by Crippen LogP contribution is 2.05. The van der Waals surface area contributed by atoms with Crippen molar-refractivity contribution in [3.63, 3.8) is 0 Å². The van der Waals surface area contributed by atoms with E-state index in [1.165, 1.54) is 5.69 Å². The molecule has 1 aromatic rings. The minimum Gasteiger partial charge on any atom is -0.480 e. The number of aromatic nitrogens is 1. The number of carboxylic acid groups (broad SMARTS) is 1. The van der Waals surface area contributed by atoms with Gasteiger partial charge in [0, 0.05) is 51.8 Å². The zero-order valence-corrected chi connectivity index (χ0v) is 18.0. The lowest BCUT2D eigenvalue weighted by Crippen LogP contribution is -2.20. The molecule has 9 heteroatoms. The van der Waals surface area contributed by atoms with Crippen molar-refractivity contribution in [1.29, 1.82) is 0 Å². The predicted octanol–water partition coefficient (Wildman–Crippen LogP) is 2.06. The van der Waals surface area contributed by atoms with Crippen LogP contribution in [0.2, 0.25) is 0 Å². The van der Waals surface area contributed by atoms with Gasteiger partial charge in [-0.05, 0) is 26.0 Å². The van der Waals surface area contributed by atoms with Crippen molar-refractivity contribution in [2.24, 2.45) is 0 Å². The number of hydrogen-bond donors (Lipinski definition) is 1. The summed E-state index contributed by atoms with van der Waals surface area (Å²) in [6.45, 7) is 6.88. The number of anilines is 1. The van der Waals surface area contributed by atoms with Gasteiger partial charge in [-0.1, -0.05) is 0 Å². The number of nitrogens with zero attached hydrogens (tertiary/aromatic N) is 2. The normalized spacial score (nSPS) is 10.5. The fourth-order valence-electron chi connectivity index (χ4n) is 2.01. The fourth-order valence-corrected chi connectivity index (χ4v) is 2.01. The molecule has 1 rings (SSSR count). The molecule has 0 radical (unpaired) electrons. The van der Waals surface area contributed by atoms with E-state index in [0.717, 1.165) is 0 Å². The predicted molar refractivity (Wildman–Crippen MR) is 110 cm³/mol. The molecule has 0 saturated carbocycles. The van der Waals surface area contributed by atoms with Crippen LogP contribution in [0.25, 0.3) is 0 Å². The molecule has 29 heavy (non-hydrogen) atoms. The number of hydrogen-bond acceptors (Lipinski definition) is 8. The molecule has 0 saturated heterocycles. The van der Waals surface area contributed by atoms with Gasteiger partial charge in [0.25, 0.3) is 0 Å². The first-order valence-corrected chi connectivity index (χ1v) is 9.76. The Morgan fingerprint density at radius 3 is 1.93 bits per heavy atom. The molecule has 1 heterocycles. The van der Waals surface area contributed by atoms with Gasteiger partial charge in [0.2, 0.25) is 0 Å². The summed E-state index contributed by atoms with van der Waals surface area (Å²) in [6, 6.07) is 3.94. The molecule has 0 fully saturated rings. The zero-order chi connectivity index (χ0) is 21.7. The van der Waals surface area contributed by atoms with Crippen LogP contribution in [0, 0.1) is 0 Å². The maximum Gasteiger partial charge on any atom is 0.329 e. The highest BCUT2D eigenvalue weighted by atomic mass is 16.7. The average molecular weight is 417 g/mol. The number of ether oxygens (including phenoxy) is 5. The Morgan fingerprint density at radius 1 is 0.966 bits per heavy atom. The van der Waals surface area contributed by atoms with Crippen molar-refractivity contribution in [2.45, 2.75) is 26.6 Å². The van der Waals surface area contributed by atoms with Crippen LogP contribution in [0.4, 0.5) is 5.69 Å². The zero-order valence-electron chi connectivity index (χ0n) is 18.0. The smallest absolute Gasteiger partial charge is 0.329 e. The van der Waals surface area contributed by atoms with Gasteiger partial charge in [-0.15, -0.1) is 0 Å². The van der Waals surface area contributed by atoms with Gasteiger partial charge < -0.3 is 33.7 Å². The molecule has 0 aliphatic heterocycles. The van der Waals surface area contributed by atoms with Crippen molar-refractivity contribution in [3.05, 3.63) is 24.5 Å². The Balaban J connectivity index is 0.000000717. The standard InChI is InChI=1S/C13H26O7.C7H10N2/c1-3-19-13(20-4-2)5-6-16-7-8-17-9-10-18-11-12(14)15;1-9(2)7-3-5-8-6-4-7/h13H,3-11H2,1-2H3,(H,14,15);3-6H,1-2H3. The van der Waals surface area contributed by atoms with Crippen molar-refractivity contribution < 1.29 is 33.6 Å². The molecule has 0 aromatic carbocycles. The Morgan fingerprint density at radius 2 is 1.48 bits per heavy atom. The highest BCUT2D eigenvalue weighted by Gasteiger charge is 2.07. The first-order valence-electron chi connectivity index (χ1n) is 9.76. The minimum atomic E-state index is -0.980. The lowest BCUT2D eigenvalue weighted by molar-refractivity contribution is -0.147. The van der Waals surface area contributed by atoms with Crippen LogP contribution >= 0.6 is 0 Å². The quantitative estimate of drug-likeness (QED) is 0.320. The molecular weight excluding hydrogens is 380 g/mol. The largest absolute Gasteiger partial charge is 0.480 e. The lowest BCUT2D eigenvalue weighted by atomic mass is 10.4. The summed E-state index contributed by atoms with van der Waals surface area (Å²) < 4.78 is 26.2. The molecule has 9 nitrogen and oxygen atoms in total. The maximum absolute atomic E-state index is 10.1. The van der Waals surface area contributed by atoms with Gasteiger partial charge >= 0.3 is 5.97 Å². The van der Waals surface area contributed by atoms with Crippen molar-refractivity contribution in [1.82, 2.24) is 4.98 Å². The molecule has 0 unspecified atom stereocenters. The van der Waals surface area contributed by atoms with E-state index < -0.39 is 5.97 Å². The molecule has 0 bridgehead atoms. The van der Waals surface area contributed by atoms with Gasteiger partial charge in [0.05, 0.1) is 33.0 Å². The van der Waals surface area contributed by atoms with Crippen LogP contribution in [0.3, 0.4) is 0 Å². The second-order valence-corrected chi connectivity index (χ2v) is 5.90. The topological polar surface area (TPSA) is 99.6 Å². The molecule has 0 aliphatic rings. The van der Waals surface area contributed by atoms with E-state index in [2.05, 4.69) is 4.98 Å². The molecule has 1 N–H and O–H groups in total. The van der Waals surface area contributed by atoms with E-state index in [4.69, 9.17) is 28.8 Å². The highest BCUT2D eigenvalue weighted by molar-refractivity contribution is 5.67. The van der Waals surface area contributed by atoms with Crippen LogP contribution in [-0.2, 0) is 28.5 Å². The number of carbonyl (C=O) groups is 1. The first-order chi connectivity index (χ1) is 14.0. The van der Waals surface area contributed by atoms with E-state index in [1.54, 1.807) is 12.4 Å². The molecule has 0 atom stereocenters. The maximum atomic E-state index is 10.1. The number of aliphatic carboxylic acids is 1. The summed E-state index contributed by atoms with van der Waals surface area (Å²) in [5.41, 5.74) is 1.19. The average Bonchev–Trinajstić information content (AvgIpc) is 2.70. The van der Waals surface area contributed by atoms with Crippen molar-refractivity contribution in [2.75, 3.05) is 71.9 Å². The van der Waals surface area contributed by atoms with Crippen molar-refractivity contribution in [3.8, 4) is 0 Å². The monoisotopic (exact) mass is 416 g/mol. The van der Waals surface area contributed by atoms with Crippen LogP contribution in [0.5, 0.6) is 0 Å². The van der Waals surface area contributed by atoms with Gasteiger partial charge in [0.1, 0.15) is 6.61 Å². The summed E-state index contributed by atoms with van der Waals surface area (Å²) in [6.07, 6.45) is 4.05. The van der Waals surface area contributed by atoms with Crippen molar-refractivity contribution >= 4 is 11.7 Å². The lowest BCUT2D eigenvalue weighted by Gasteiger charge is -2.16. The molecule has 168 valence electrons. The van der Waals surface area contributed by atoms with E-state index >= 15 is 0 Å². The number of rotatable bonds is 16. The third kappa shape index (κ3) is 18.0. The third-order valence-electron chi connectivity index (χ3n) is 3.35. The third-order valence-corrected chi connectivity index (χ3v) is 3.35. The molecule has 0 amide bonds. The summed E-state index contributed by atoms with van der Waals surface area (Å²) in [5.74, 6) is -0.980. The second kappa shape index (κ2) is 19.5. The van der Waals surface area contributed by atoms with Crippen LogP contribution in [-0.4, -0.2) is 89.3 Å². The summed E-state index contributed by atoms with van der Waals surface area (Å²) in [7, 11) is 4.02. The van der Waals surface area contributed by atoms with E-state index in [9.17, 15) is 4.79 Å². The summed E-state index contributed by atoms with van der Waals surface area (Å²) in [4.78, 5) is 16.1. The fraction of sp³-hybridized carbons (Fsp3) is 0.700. The molecule has 0 spiro atoms. The van der Waals surface area contributed by atoms with Gasteiger partial charge in [-0.2, -0.15) is 0 Å². The van der Waals surface area contributed by atoms with E-state index in [-0.39, 0.29) is 19.5 Å². The first kappa shape index (κ1) is 27.2. The Kier molecular flexibility index (Phi) is 18.3. The summed E-state index contributed by atoms with van der Waals surface area (Å²) in [5, 5.41) is 8.33. The number of pyridine rings is 1. The van der Waals surface area contributed by atoms with E-state index in [0.29, 0.717) is 46.1 Å². The van der Waals surface area contributed by atoms with Gasteiger partial charge in [-0.25, -0.2) is 4.79 Å². The second-order valence-electron chi connectivity index (χ2n) is 5.90.